The lowest BCUT2D eigenvalue weighted by atomic mass is 10.1. The van der Waals surface area contributed by atoms with E-state index >= 15 is 0 Å². The second kappa shape index (κ2) is 20.1. The minimum absolute atomic E-state index is 0.161. The molecular weight excluding hydrogens is 424 g/mol. The summed E-state index contributed by atoms with van der Waals surface area (Å²) in [4.78, 5) is 29.2. The monoisotopic (exact) mass is 482 g/mol. The van der Waals surface area contributed by atoms with Gasteiger partial charge in [0.1, 0.15) is 0 Å². The average molecular weight is 483 g/mol. The molecule has 0 rings (SSSR count). The Hall–Kier alpha value is -1.14. The van der Waals surface area contributed by atoms with Gasteiger partial charge in [-0.1, -0.05) is 68.2 Å². The summed E-state index contributed by atoms with van der Waals surface area (Å²) in [5, 5.41) is 6.14. The number of carbonyl (C=O) groups is 2. The van der Waals surface area contributed by atoms with Gasteiger partial charge in [-0.15, -0.1) is 0 Å². The first-order valence-corrected chi connectivity index (χ1v) is 14.0. The topological polar surface area (TPSA) is 64.7 Å². The first kappa shape index (κ1) is 32.9. The molecule has 0 unspecified atom stereocenters. The largest absolute Gasteiger partial charge is 0.356 e. The zero-order valence-electron chi connectivity index (χ0n) is 23.9. The fourth-order valence-electron chi connectivity index (χ4n) is 4.34. The highest BCUT2D eigenvalue weighted by Crippen LogP contribution is 2.06. The summed E-state index contributed by atoms with van der Waals surface area (Å²) >= 11 is 0. The smallest absolute Gasteiger partial charge is 0.221 e. The molecule has 0 aliphatic heterocycles. The van der Waals surface area contributed by atoms with Crippen LogP contribution in [0, 0.1) is 23.7 Å². The molecule has 0 fully saturated rings. The van der Waals surface area contributed by atoms with E-state index in [0.29, 0.717) is 36.5 Å². The maximum absolute atomic E-state index is 12.2. The first-order valence-electron chi connectivity index (χ1n) is 14.0. The molecular formula is C28H58N4O2. The van der Waals surface area contributed by atoms with Gasteiger partial charge in [-0.3, -0.25) is 9.59 Å². The van der Waals surface area contributed by atoms with Crippen LogP contribution in [0.2, 0.25) is 0 Å². The first-order chi connectivity index (χ1) is 16.0. The van der Waals surface area contributed by atoms with Gasteiger partial charge in [0.15, 0.2) is 0 Å². The van der Waals surface area contributed by atoms with Crippen molar-refractivity contribution in [3.63, 3.8) is 0 Å². The van der Waals surface area contributed by atoms with Gasteiger partial charge >= 0.3 is 0 Å². The van der Waals surface area contributed by atoms with Crippen LogP contribution < -0.4 is 10.6 Å². The van der Waals surface area contributed by atoms with Crippen molar-refractivity contribution >= 4 is 11.8 Å². The van der Waals surface area contributed by atoms with Crippen LogP contribution >= 0.6 is 0 Å². The predicted molar refractivity (Wildman–Crippen MR) is 146 cm³/mol. The minimum atomic E-state index is 0.161. The lowest BCUT2D eigenvalue weighted by molar-refractivity contribution is -0.122. The van der Waals surface area contributed by atoms with Gasteiger partial charge in [0.2, 0.25) is 11.8 Å². The number of carbonyl (C=O) groups excluding carboxylic acids is 2. The molecule has 202 valence electrons. The molecule has 0 heterocycles. The molecule has 0 aromatic carbocycles. The third-order valence-electron chi connectivity index (χ3n) is 5.55. The van der Waals surface area contributed by atoms with Gasteiger partial charge in [0.25, 0.3) is 0 Å². The van der Waals surface area contributed by atoms with Gasteiger partial charge in [-0.25, -0.2) is 0 Å². The molecule has 0 aliphatic carbocycles. The number of hydrogen-bond donors (Lipinski definition) is 2. The van der Waals surface area contributed by atoms with Crippen LogP contribution in [0.5, 0.6) is 0 Å². The van der Waals surface area contributed by atoms with Gasteiger partial charge < -0.3 is 20.4 Å². The molecule has 0 aliphatic rings. The van der Waals surface area contributed by atoms with E-state index in [0.717, 1.165) is 78.0 Å². The Morgan fingerprint density at radius 1 is 0.529 bits per heavy atom. The summed E-state index contributed by atoms with van der Waals surface area (Å²) in [6.45, 7) is 25.2. The summed E-state index contributed by atoms with van der Waals surface area (Å²) < 4.78 is 0. The van der Waals surface area contributed by atoms with Crippen molar-refractivity contribution in [2.24, 2.45) is 23.7 Å². The molecule has 0 aromatic rings. The Morgan fingerprint density at radius 3 is 1.09 bits per heavy atom. The predicted octanol–water partition coefficient (Wildman–Crippen LogP) is 4.79. The summed E-state index contributed by atoms with van der Waals surface area (Å²) in [7, 11) is 0. The molecule has 0 bridgehead atoms. The third-order valence-corrected chi connectivity index (χ3v) is 5.55. The van der Waals surface area contributed by atoms with E-state index in [9.17, 15) is 9.59 Å². The highest BCUT2D eigenvalue weighted by atomic mass is 16.2. The quantitative estimate of drug-likeness (QED) is 0.231. The Morgan fingerprint density at radius 2 is 0.824 bits per heavy atom. The third kappa shape index (κ3) is 21.4. The molecule has 0 aromatic heterocycles. The summed E-state index contributed by atoms with van der Waals surface area (Å²) in [6.07, 6.45) is 5.33. The van der Waals surface area contributed by atoms with E-state index in [2.05, 4.69) is 75.8 Å². The molecule has 0 atom stereocenters. The van der Waals surface area contributed by atoms with Crippen LogP contribution in [-0.2, 0) is 9.59 Å². The second-order valence-electron chi connectivity index (χ2n) is 11.7. The number of rotatable bonds is 21. The van der Waals surface area contributed by atoms with Crippen molar-refractivity contribution in [1.82, 2.24) is 20.4 Å². The van der Waals surface area contributed by atoms with Crippen LogP contribution in [0.15, 0.2) is 0 Å². The lowest BCUT2D eigenvalue weighted by Gasteiger charge is -2.25. The maximum Gasteiger partial charge on any atom is 0.221 e. The number of nitrogens with one attached hydrogen (secondary N) is 2. The standard InChI is InChI=1S/C28H58N4O2/c1-23(2)19-31(20-24(3)4)17-13-27(33)29-15-11-9-10-12-16-30-28(34)14-18-32(21-25(5)6)22-26(7)8/h23-26H,9-22H2,1-8H3,(H,29,33)(H,30,34). The van der Waals surface area contributed by atoms with E-state index in [1.54, 1.807) is 0 Å². The summed E-state index contributed by atoms with van der Waals surface area (Å²) in [5.74, 6) is 2.81. The summed E-state index contributed by atoms with van der Waals surface area (Å²) in [6, 6.07) is 0. The molecule has 6 nitrogen and oxygen atoms in total. The van der Waals surface area contributed by atoms with Crippen molar-refractivity contribution < 1.29 is 9.59 Å². The van der Waals surface area contributed by atoms with Gasteiger partial charge in [-0.05, 0) is 36.5 Å². The zero-order valence-corrected chi connectivity index (χ0v) is 23.9. The highest BCUT2D eigenvalue weighted by molar-refractivity contribution is 5.76. The van der Waals surface area contributed by atoms with Gasteiger partial charge in [0, 0.05) is 65.2 Å². The fourth-order valence-corrected chi connectivity index (χ4v) is 4.34. The molecule has 0 saturated heterocycles. The van der Waals surface area contributed by atoms with Crippen LogP contribution in [-0.4, -0.2) is 74.0 Å². The van der Waals surface area contributed by atoms with Crippen molar-refractivity contribution in [1.29, 1.82) is 0 Å². The minimum Gasteiger partial charge on any atom is -0.356 e. The Balaban J connectivity index is 3.81. The average Bonchev–Trinajstić information content (AvgIpc) is 2.70. The van der Waals surface area contributed by atoms with Crippen molar-refractivity contribution in [3.05, 3.63) is 0 Å². The zero-order chi connectivity index (χ0) is 25.9. The highest BCUT2D eigenvalue weighted by Gasteiger charge is 2.12. The fraction of sp³-hybridized carbons (Fsp3) is 0.929. The lowest BCUT2D eigenvalue weighted by Crippen LogP contribution is -2.35. The van der Waals surface area contributed by atoms with Crippen molar-refractivity contribution in [2.75, 3.05) is 52.4 Å². The molecule has 2 N–H and O–H groups in total. The molecule has 0 saturated carbocycles. The molecule has 0 radical (unpaired) electrons. The Bertz CT molecular complexity index is 455. The molecule has 34 heavy (non-hydrogen) atoms. The van der Waals surface area contributed by atoms with E-state index in [1.165, 1.54) is 0 Å². The number of amides is 2. The SMILES string of the molecule is CC(C)CN(CCC(=O)NCCCCCCNC(=O)CCN(CC(C)C)CC(C)C)CC(C)C. The molecule has 2 amide bonds. The van der Waals surface area contributed by atoms with Crippen LogP contribution in [0.4, 0.5) is 0 Å². The second-order valence-corrected chi connectivity index (χ2v) is 11.7. The maximum atomic E-state index is 12.2. The van der Waals surface area contributed by atoms with Crippen molar-refractivity contribution in [2.45, 2.75) is 93.9 Å². The van der Waals surface area contributed by atoms with E-state index < -0.39 is 0 Å². The van der Waals surface area contributed by atoms with Gasteiger partial charge in [-0.2, -0.15) is 0 Å². The molecule has 0 spiro atoms. The van der Waals surface area contributed by atoms with E-state index in [4.69, 9.17) is 0 Å². The number of nitrogens with zero attached hydrogens (tertiary/aromatic N) is 2. The van der Waals surface area contributed by atoms with E-state index in [-0.39, 0.29) is 11.8 Å². The molecule has 6 heteroatoms. The number of unbranched alkanes of at least 4 members (excludes halogenated alkanes) is 3. The normalized spacial score (nSPS) is 12.1. The van der Waals surface area contributed by atoms with Crippen LogP contribution in [0.1, 0.15) is 93.9 Å². The summed E-state index contributed by atoms with van der Waals surface area (Å²) in [5.41, 5.74) is 0. The number of hydrogen-bond acceptors (Lipinski definition) is 4. The van der Waals surface area contributed by atoms with Crippen LogP contribution in [0.25, 0.3) is 0 Å². The van der Waals surface area contributed by atoms with Crippen molar-refractivity contribution in [3.8, 4) is 0 Å². The van der Waals surface area contributed by atoms with E-state index in [1.807, 2.05) is 0 Å². The Labute approximate surface area is 212 Å². The van der Waals surface area contributed by atoms with Gasteiger partial charge in [0.05, 0.1) is 0 Å². The Kier molecular flexibility index (Phi) is 19.4. The van der Waals surface area contributed by atoms with Crippen LogP contribution in [0.3, 0.4) is 0 Å².